The maximum atomic E-state index is 13.8. The standard InChI is InChI=1S/C29H32N2O6/c1-4-14-36-23-9-7-20(18-24(23)35-5-2)26-25-27(32)21-17-19(3)6-8-22(21)37-28(25)29(33)31(26)11-10-30-12-15-34-16-13-30/h4,6-9,17-18,26H,1,5,10-16H2,2-3H3. The Labute approximate surface area is 216 Å². The van der Waals surface area contributed by atoms with E-state index in [0.717, 1.165) is 24.2 Å². The van der Waals surface area contributed by atoms with Gasteiger partial charge in [-0.1, -0.05) is 30.4 Å². The van der Waals surface area contributed by atoms with Crippen LogP contribution in [0, 0.1) is 6.92 Å². The molecule has 2 aliphatic heterocycles. The van der Waals surface area contributed by atoms with Gasteiger partial charge in [0.2, 0.25) is 5.76 Å². The molecule has 8 nitrogen and oxygen atoms in total. The molecule has 0 N–H and O–H groups in total. The van der Waals surface area contributed by atoms with Crippen molar-refractivity contribution in [1.82, 2.24) is 9.80 Å². The van der Waals surface area contributed by atoms with Crippen LogP contribution >= 0.6 is 0 Å². The van der Waals surface area contributed by atoms with Gasteiger partial charge >= 0.3 is 0 Å². The Balaban J connectivity index is 1.61. The number of ether oxygens (including phenoxy) is 3. The number of rotatable bonds is 9. The summed E-state index contributed by atoms with van der Waals surface area (Å²) in [4.78, 5) is 31.6. The van der Waals surface area contributed by atoms with E-state index in [4.69, 9.17) is 18.6 Å². The van der Waals surface area contributed by atoms with E-state index in [1.54, 1.807) is 17.0 Å². The molecule has 1 fully saturated rings. The first kappa shape index (κ1) is 25.0. The lowest BCUT2D eigenvalue weighted by molar-refractivity contribution is 0.0314. The average Bonchev–Trinajstić information content (AvgIpc) is 3.19. The van der Waals surface area contributed by atoms with Gasteiger partial charge in [0.1, 0.15) is 12.2 Å². The second kappa shape index (κ2) is 10.8. The minimum atomic E-state index is -0.600. The Bertz CT molecular complexity index is 1370. The highest BCUT2D eigenvalue weighted by Gasteiger charge is 2.43. The largest absolute Gasteiger partial charge is 0.490 e. The number of nitrogens with zero attached hydrogens (tertiary/aromatic N) is 2. The highest BCUT2D eigenvalue weighted by atomic mass is 16.5. The highest BCUT2D eigenvalue weighted by molar-refractivity contribution is 5.99. The number of carbonyl (C=O) groups excluding carboxylic acids is 1. The molecule has 1 saturated heterocycles. The van der Waals surface area contributed by atoms with Gasteiger partial charge in [-0.3, -0.25) is 14.5 Å². The Morgan fingerprint density at radius 3 is 2.62 bits per heavy atom. The van der Waals surface area contributed by atoms with Crippen molar-refractivity contribution in [2.24, 2.45) is 0 Å². The molecule has 194 valence electrons. The lowest BCUT2D eigenvalue weighted by Crippen LogP contribution is -2.42. The third-order valence-corrected chi connectivity index (χ3v) is 6.82. The molecule has 0 bridgehead atoms. The van der Waals surface area contributed by atoms with Crippen molar-refractivity contribution < 1.29 is 23.4 Å². The lowest BCUT2D eigenvalue weighted by atomic mass is 9.97. The summed E-state index contributed by atoms with van der Waals surface area (Å²) >= 11 is 0. The SMILES string of the molecule is C=CCOc1ccc(C2c3c(oc4ccc(C)cc4c3=O)C(=O)N2CCN2CCOCC2)cc1OCC. The first-order valence-corrected chi connectivity index (χ1v) is 12.7. The van der Waals surface area contributed by atoms with Crippen LogP contribution in [0.5, 0.6) is 11.5 Å². The van der Waals surface area contributed by atoms with Crippen molar-refractivity contribution in [3.63, 3.8) is 0 Å². The minimum Gasteiger partial charge on any atom is -0.490 e. The normalized spacial score (nSPS) is 17.7. The fourth-order valence-electron chi connectivity index (χ4n) is 5.02. The van der Waals surface area contributed by atoms with Crippen LogP contribution in [-0.2, 0) is 4.74 Å². The maximum Gasteiger partial charge on any atom is 0.290 e. The molecule has 0 radical (unpaired) electrons. The average molecular weight is 505 g/mol. The van der Waals surface area contributed by atoms with Gasteiger partial charge in [-0.2, -0.15) is 0 Å². The minimum absolute atomic E-state index is 0.110. The van der Waals surface area contributed by atoms with E-state index in [1.807, 2.05) is 44.2 Å². The topological polar surface area (TPSA) is 81.5 Å². The van der Waals surface area contributed by atoms with Gasteiger partial charge in [0, 0.05) is 26.2 Å². The molecule has 1 aromatic heterocycles. The van der Waals surface area contributed by atoms with Crippen LogP contribution in [0.4, 0.5) is 0 Å². The Morgan fingerprint density at radius 1 is 1.05 bits per heavy atom. The smallest absolute Gasteiger partial charge is 0.290 e. The van der Waals surface area contributed by atoms with Crippen LogP contribution in [0.1, 0.15) is 40.2 Å². The molecule has 3 aromatic rings. The van der Waals surface area contributed by atoms with E-state index >= 15 is 0 Å². The Hall–Kier alpha value is -3.62. The quantitative estimate of drug-likeness (QED) is 0.408. The third-order valence-electron chi connectivity index (χ3n) is 6.82. The molecule has 2 aliphatic rings. The van der Waals surface area contributed by atoms with Gasteiger partial charge in [-0.25, -0.2) is 0 Å². The monoisotopic (exact) mass is 504 g/mol. The molecular weight excluding hydrogens is 472 g/mol. The van der Waals surface area contributed by atoms with E-state index in [0.29, 0.717) is 67.5 Å². The predicted molar refractivity (Wildman–Crippen MR) is 141 cm³/mol. The summed E-state index contributed by atoms with van der Waals surface area (Å²) in [6, 6.07) is 10.4. The van der Waals surface area contributed by atoms with E-state index in [-0.39, 0.29) is 17.1 Å². The zero-order valence-electron chi connectivity index (χ0n) is 21.3. The molecule has 1 amide bonds. The molecular formula is C29H32N2O6. The Kier molecular flexibility index (Phi) is 7.30. The number of hydrogen-bond acceptors (Lipinski definition) is 7. The highest BCUT2D eigenvalue weighted by Crippen LogP contribution is 2.41. The molecule has 0 saturated carbocycles. The van der Waals surface area contributed by atoms with E-state index in [2.05, 4.69) is 11.5 Å². The number of fused-ring (bicyclic) bond motifs is 2. The van der Waals surface area contributed by atoms with E-state index in [9.17, 15) is 9.59 Å². The van der Waals surface area contributed by atoms with Gasteiger partial charge in [0.25, 0.3) is 5.91 Å². The van der Waals surface area contributed by atoms with Gasteiger partial charge < -0.3 is 23.5 Å². The number of carbonyl (C=O) groups is 1. The zero-order valence-corrected chi connectivity index (χ0v) is 21.3. The van der Waals surface area contributed by atoms with Gasteiger partial charge in [-0.15, -0.1) is 0 Å². The summed E-state index contributed by atoms with van der Waals surface area (Å²) in [6.45, 7) is 12.4. The first-order chi connectivity index (χ1) is 18.0. The molecule has 0 aliphatic carbocycles. The van der Waals surface area contributed by atoms with Crippen LogP contribution in [-0.4, -0.2) is 68.3 Å². The third kappa shape index (κ3) is 4.86. The molecule has 2 aromatic carbocycles. The summed E-state index contributed by atoms with van der Waals surface area (Å²) in [5, 5.41) is 0.475. The van der Waals surface area contributed by atoms with Crippen molar-refractivity contribution in [2.45, 2.75) is 19.9 Å². The second-order valence-corrected chi connectivity index (χ2v) is 9.27. The summed E-state index contributed by atoms with van der Waals surface area (Å²) < 4.78 is 23.2. The van der Waals surface area contributed by atoms with Crippen LogP contribution in [0.15, 0.2) is 58.3 Å². The van der Waals surface area contributed by atoms with Crippen LogP contribution < -0.4 is 14.9 Å². The van der Waals surface area contributed by atoms with Crippen molar-refractivity contribution in [1.29, 1.82) is 0 Å². The van der Waals surface area contributed by atoms with Gasteiger partial charge in [0.15, 0.2) is 16.9 Å². The lowest BCUT2D eigenvalue weighted by Gasteiger charge is -2.31. The number of morpholine rings is 1. The number of aryl methyl sites for hydroxylation is 1. The first-order valence-electron chi connectivity index (χ1n) is 12.7. The molecule has 5 rings (SSSR count). The maximum absolute atomic E-state index is 13.8. The molecule has 1 unspecified atom stereocenters. The van der Waals surface area contributed by atoms with E-state index in [1.165, 1.54) is 0 Å². The van der Waals surface area contributed by atoms with Gasteiger partial charge in [-0.05, 0) is 43.7 Å². The molecule has 0 spiro atoms. The fourth-order valence-corrected chi connectivity index (χ4v) is 5.02. The number of hydrogen-bond donors (Lipinski definition) is 0. The van der Waals surface area contributed by atoms with Crippen LogP contribution in [0.2, 0.25) is 0 Å². The van der Waals surface area contributed by atoms with Crippen molar-refractivity contribution in [3.05, 3.63) is 81.7 Å². The molecule has 8 heteroatoms. The van der Waals surface area contributed by atoms with Crippen LogP contribution in [0.25, 0.3) is 11.0 Å². The van der Waals surface area contributed by atoms with Crippen molar-refractivity contribution in [2.75, 3.05) is 52.6 Å². The predicted octanol–water partition coefficient (Wildman–Crippen LogP) is 3.94. The summed E-state index contributed by atoms with van der Waals surface area (Å²) in [7, 11) is 0. The molecule has 3 heterocycles. The number of amides is 1. The Morgan fingerprint density at radius 2 is 1.86 bits per heavy atom. The summed E-state index contributed by atoms with van der Waals surface area (Å²) in [5.41, 5.74) is 2.32. The zero-order chi connectivity index (χ0) is 25.9. The van der Waals surface area contributed by atoms with Gasteiger partial charge in [0.05, 0.1) is 36.8 Å². The fraction of sp³-hybridized carbons (Fsp3) is 0.379. The van der Waals surface area contributed by atoms with Crippen molar-refractivity contribution in [3.8, 4) is 11.5 Å². The molecule has 1 atom stereocenters. The summed E-state index contributed by atoms with van der Waals surface area (Å²) in [6.07, 6.45) is 1.67. The summed E-state index contributed by atoms with van der Waals surface area (Å²) in [5.74, 6) is 0.962. The number of benzene rings is 2. The molecule has 37 heavy (non-hydrogen) atoms. The second-order valence-electron chi connectivity index (χ2n) is 9.27. The van der Waals surface area contributed by atoms with Crippen molar-refractivity contribution >= 4 is 16.9 Å². The van der Waals surface area contributed by atoms with E-state index < -0.39 is 6.04 Å². The van der Waals surface area contributed by atoms with Crippen LogP contribution in [0.3, 0.4) is 0 Å².